The van der Waals surface area contributed by atoms with Gasteiger partial charge in [0.15, 0.2) is 0 Å². The van der Waals surface area contributed by atoms with E-state index in [0.29, 0.717) is 29.4 Å². The molecule has 1 aromatic rings. The molecule has 0 aliphatic heterocycles. The number of anilines is 2. The Morgan fingerprint density at radius 1 is 1.25 bits per heavy atom. The zero-order valence-electron chi connectivity index (χ0n) is 12.5. The molecule has 0 aliphatic carbocycles. The number of alkyl halides is 3. The van der Waals surface area contributed by atoms with Crippen LogP contribution in [-0.4, -0.2) is 35.8 Å². The quantitative estimate of drug-likeness (QED) is 0.904. The van der Waals surface area contributed by atoms with Crippen molar-refractivity contribution in [3.05, 3.63) is 11.4 Å². The molecule has 0 spiro atoms. The normalized spacial score (nSPS) is 11.8. The maximum Gasteiger partial charge on any atom is 0.405 e. The lowest BCUT2D eigenvalue weighted by molar-refractivity contribution is -0.120. The zero-order valence-corrected chi connectivity index (χ0v) is 12.5. The van der Waals surface area contributed by atoms with Crippen LogP contribution >= 0.6 is 0 Å². The molecule has 1 heterocycles. The van der Waals surface area contributed by atoms with Crippen molar-refractivity contribution in [2.75, 3.05) is 23.8 Å². The van der Waals surface area contributed by atoms with Gasteiger partial charge in [0.05, 0.1) is 0 Å². The van der Waals surface area contributed by atoms with E-state index in [-0.39, 0.29) is 6.04 Å². The molecule has 0 saturated carbocycles. The van der Waals surface area contributed by atoms with Crippen LogP contribution in [0.1, 0.15) is 32.2 Å². The number of nitrogens with one attached hydrogen (secondary N) is 1. The summed E-state index contributed by atoms with van der Waals surface area (Å²) < 4.78 is 38.2. The largest absolute Gasteiger partial charge is 0.405 e. The molecule has 20 heavy (non-hydrogen) atoms. The summed E-state index contributed by atoms with van der Waals surface area (Å²) in [6.07, 6.45) is -3.70. The number of hydrogen-bond donors (Lipinski definition) is 1. The molecular weight excluding hydrogens is 269 g/mol. The molecule has 1 aromatic heterocycles. The third kappa shape index (κ3) is 3.98. The number of hydrogen-bond acceptors (Lipinski definition) is 4. The van der Waals surface area contributed by atoms with Gasteiger partial charge in [0.25, 0.3) is 0 Å². The van der Waals surface area contributed by atoms with Crippen molar-refractivity contribution in [2.24, 2.45) is 0 Å². The standard InChI is InChI=1S/C13H21F3N4/c1-6-10-18-11(17-5)9(4)12(19-10)20(8(2)3)7-13(14,15)16/h8H,6-7H2,1-5H3,(H,17,18,19). The predicted octanol–water partition coefficient (Wildman–Crippen LogP) is 3.17. The predicted molar refractivity (Wildman–Crippen MR) is 74.2 cm³/mol. The second kappa shape index (κ2) is 6.28. The van der Waals surface area contributed by atoms with Gasteiger partial charge in [0.2, 0.25) is 0 Å². The van der Waals surface area contributed by atoms with Crippen LogP contribution in [0.4, 0.5) is 24.8 Å². The van der Waals surface area contributed by atoms with Crippen molar-refractivity contribution in [3.8, 4) is 0 Å². The van der Waals surface area contributed by atoms with Crippen LogP contribution in [-0.2, 0) is 6.42 Å². The Hall–Kier alpha value is -1.53. The summed E-state index contributed by atoms with van der Waals surface area (Å²) in [4.78, 5) is 9.82. The second-order valence-corrected chi connectivity index (χ2v) is 4.88. The van der Waals surface area contributed by atoms with Crippen LogP contribution in [0.5, 0.6) is 0 Å². The molecule has 0 radical (unpaired) electrons. The van der Waals surface area contributed by atoms with E-state index in [1.165, 1.54) is 4.90 Å². The van der Waals surface area contributed by atoms with Gasteiger partial charge in [-0.1, -0.05) is 6.92 Å². The number of aryl methyl sites for hydroxylation is 1. The lowest BCUT2D eigenvalue weighted by Gasteiger charge is -2.30. The minimum atomic E-state index is -4.27. The van der Waals surface area contributed by atoms with Gasteiger partial charge in [0.1, 0.15) is 24.0 Å². The average Bonchev–Trinajstić information content (AvgIpc) is 2.35. The number of nitrogens with zero attached hydrogens (tertiary/aromatic N) is 3. The summed E-state index contributed by atoms with van der Waals surface area (Å²) >= 11 is 0. The molecule has 1 rings (SSSR count). The van der Waals surface area contributed by atoms with Gasteiger partial charge < -0.3 is 10.2 Å². The highest BCUT2D eigenvalue weighted by Crippen LogP contribution is 2.28. The fraction of sp³-hybridized carbons (Fsp3) is 0.692. The monoisotopic (exact) mass is 290 g/mol. The number of halogens is 3. The van der Waals surface area contributed by atoms with Crippen molar-refractivity contribution < 1.29 is 13.2 Å². The van der Waals surface area contributed by atoms with Gasteiger partial charge in [0, 0.05) is 25.1 Å². The minimum absolute atomic E-state index is 0.306. The Morgan fingerprint density at radius 3 is 2.25 bits per heavy atom. The van der Waals surface area contributed by atoms with Crippen LogP contribution < -0.4 is 10.2 Å². The first-order valence-electron chi connectivity index (χ1n) is 6.58. The van der Waals surface area contributed by atoms with E-state index >= 15 is 0 Å². The summed E-state index contributed by atoms with van der Waals surface area (Å²) in [5.74, 6) is 1.44. The van der Waals surface area contributed by atoms with E-state index in [1.54, 1.807) is 27.8 Å². The third-order valence-corrected chi connectivity index (χ3v) is 2.96. The van der Waals surface area contributed by atoms with E-state index < -0.39 is 12.7 Å². The maximum atomic E-state index is 12.7. The second-order valence-electron chi connectivity index (χ2n) is 4.88. The van der Waals surface area contributed by atoms with Gasteiger partial charge >= 0.3 is 6.18 Å². The van der Waals surface area contributed by atoms with E-state index in [4.69, 9.17) is 0 Å². The highest BCUT2D eigenvalue weighted by Gasteiger charge is 2.33. The smallest absolute Gasteiger partial charge is 0.373 e. The summed E-state index contributed by atoms with van der Waals surface area (Å²) in [6, 6.07) is -0.306. The molecule has 7 heteroatoms. The Morgan fingerprint density at radius 2 is 1.85 bits per heavy atom. The number of aromatic nitrogens is 2. The topological polar surface area (TPSA) is 41.1 Å². The first-order chi connectivity index (χ1) is 9.19. The fourth-order valence-corrected chi connectivity index (χ4v) is 1.93. The highest BCUT2D eigenvalue weighted by atomic mass is 19.4. The molecular formula is C13H21F3N4. The third-order valence-electron chi connectivity index (χ3n) is 2.96. The molecule has 114 valence electrons. The molecule has 0 bridgehead atoms. The summed E-state index contributed by atoms with van der Waals surface area (Å²) in [5, 5.41) is 2.91. The first-order valence-corrected chi connectivity index (χ1v) is 6.58. The Balaban J connectivity index is 3.31. The minimum Gasteiger partial charge on any atom is -0.373 e. The lowest BCUT2D eigenvalue weighted by Crippen LogP contribution is -2.40. The van der Waals surface area contributed by atoms with Gasteiger partial charge in [-0.2, -0.15) is 13.2 Å². The highest BCUT2D eigenvalue weighted by molar-refractivity contribution is 5.59. The number of rotatable bonds is 5. The van der Waals surface area contributed by atoms with E-state index in [9.17, 15) is 13.2 Å². The van der Waals surface area contributed by atoms with E-state index in [0.717, 1.165) is 0 Å². The average molecular weight is 290 g/mol. The first kappa shape index (κ1) is 16.5. The molecule has 0 aliphatic rings. The zero-order chi connectivity index (χ0) is 15.5. The molecule has 4 nitrogen and oxygen atoms in total. The molecule has 0 atom stereocenters. The lowest BCUT2D eigenvalue weighted by atomic mass is 10.2. The summed E-state index contributed by atoms with van der Waals surface area (Å²) in [5.41, 5.74) is 0.627. The molecule has 0 aromatic carbocycles. The van der Waals surface area contributed by atoms with Crippen LogP contribution in [0.3, 0.4) is 0 Å². The summed E-state index contributed by atoms with van der Waals surface area (Å²) in [6.45, 7) is 6.02. The van der Waals surface area contributed by atoms with Gasteiger partial charge in [-0.3, -0.25) is 0 Å². The van der Waals surface area contributed by atoms with Gasteiger partial charge in [-0.25, -0.2) is 9.97 Å². The Kier molecular flexibility index (Phi) is 5.19. The molecule has 0 amide bonds. The summed E-state index contributed by atoms with van der Waals surface area (Å²) in [7, 11) is 1.70. The van der Waals surface area contributed by atoms with Crippen molar-refractivity contribution in [3.63, 3.8) is 0 Å². The SMILES string of the molecule is CCc1nc(NC)c(C)c(N(CC(F)(F)F)C(C)C)n1. The van der Waals surface area contributed by atoms with Crippen molar-refractivity contribution in [1.29, 1.82) is 0 Å². The Labute approximate surface area is 117 Å². The fourth-order valence-electron chi connectivity index (χ4n) is 1.93. The van der Waals surface area contributed by atoms with Gasteiger partial charge in [-0.15, -0.1) is 0 Å². The van der Waals surface area contributed by atoms with E-state index in [2.05, 4.69) is 15.3 Å². The molecule has 1 N–H and O–H groups in total. The van der Waals surface area contributed by atoms with Crippen LogP contribution in [0.2, 0.25) is 0 Å². The molecule has 0 saturated heterocycles. The molecule has 0 unspecified atom stereocenters. The van der Waals surface area contributed by atoms with Gasteiger partial charge in [-0.05, 0) is 20.8 Å². The van der Waals surface area contributed by atoms with Crippen LogP contribution in [0, 0.1) is 6.92 Å². The van der Waals surface area contributed by atoms with Crippen LogP contribution in [0.25, 0.3) is 0 Å². The van der Waals surface area contributed by atoms with Crippen molar-refractivity contribution in [1.82, 2.24) is 9.97 Å². The molecule has 0 fully saturated rings. The Bertz CT molecular complexity index is 458. The maximum absolute atomic E-state index is 12.7. The van der Waals surface area contributed by atoms with Crippen LogP contribution in [0.15, 0.2) is 0 Å². The van der Waals surface area contributed by atoms with Crippen molar-refractivity contribution in [2.45, 2.75) is 46.3 Å². The van der Waals surface area contributed by atoms with E-state index in [1.807, 2.05) is 6.92 Å². The van der Waals surface area contributed by atoms with Crippen molar-refractivity contribution >= 4 is 11.6 Å².